The summed E-state index contributed by atoms with van der Waals surface area (Å²) in [4.78, 5) is 12.8. The van der Waals surface area contributed by atoms with Crippen LogP contribution in [0, 0.1) is 0 Å². The van der Waals surface area contributed by atoms with Crippen molar-refractivity contribution in [2.75, 3.05) is 6.61 Å². The standard InChI is InChI=1S/C14H10BrF3O2S/c1-2-20-13(19)12-10(15)7-11(21-12)8-3-5-9(6-4-8)14(16,17)18/h3-7H,2H2,1H3. The third-order valence-corrected chi connectivity index (χ3v) is 4.70. The minimum Gasteiger partial charge on any atom is -0.462 e. The Hall–Kier alpha value is -1.34. The lowest BCUT2D eigenvalue weighted by atomic mass is 10.1. The molecule has 0 N–H and O–H groups in total. The Balaban J connectivity index is 2.31. The molecule has 7 heteroatoms. The first kappa shape index (κ1) is 16.0. The molecule has 0 amide bonds. The second kappa shape index (κ2) is 6.19. The number of benzene rings is 1. The first-order valence-corrected chi connectivity index (χ1v) is 7.58. The van der Waals surface area contributed by atoms with E-state index in [9.17, 15) is 18.0 Å². The third kappa shape index (κ3) is 3.65. The molecule has 2 rings (SSSR count). The molecule has 1 heterocycles. The number of alkyl halides is 3. The summed E-state index contributed by atoms with van der Waals surface area (Å²) in [6.07, 6.45) is -4.36. The molecule has 1 aromatic heterocycles. The van der Waals surface area contributed by atoms with E-state index in [4.69, 9.17) is 4.74 Å². The van der Waals surface area contributed by atoms with Gasteiger partial charge in [-0.25, -0.2) is 4.79 Å². The maximum atomic E-state index is 12.5. The van der Waals surface area contributed by atoms with Gasteiger partial charge in [-0.05, 0) is 46.6 Å². The van der Waals surface area contributed by atoms with Crippen molar-refractivity contribution >= 4 is 33.2 Å². The fraction of sp³-hybridized carbons (Fsp3) is 0.214. The maximum Gasteiger partial charge on any atom is 0.416 e. The van der Waals surface area contributed by atoms with Gasteiger partial charge in [-0.1, -0.05) is 12.1 Å². The lowest BCUT2D eigenvalue weighted by Crippen LogP contribution is -2.03. The molecule has 2 aromatic rings. The van der Waals surface area contributed by atoms with Gasteiger partial charge in [0.25, 0.3) is 0 Å². The zero-order chi connectivity index (χ0) is 15.6. The number of hydrogen-bond donors (Lipinski definition) is 0. The molecule has 0 aliphatic carbocycles. The van der Waals surface area contributed by atoms with Crippen molar-refractivity contribution in [2.45, 2.75) is 13.1 Å². The second-order valence-corrected chi connectivity index (χ2v) is 5.99. The van der Waals surface area contributed by atoms with Crippen LogP contribution < -0.4 is 0 Å². The lowest BCUT2D eigenvalue weighted by molar-refractivity contribution is -0.137. The lowest BCUT2D eigenvalue weighted by Gasteiger charge is -2.06. The van der Waals surface area contributed by atoms with E-state index in [2.05, 4.69) is 15.9 Å². The zero-order valence-corrected chi connectivity index (χ0v) is 13.2. The Labute approximate surface area is 131 Å². The summed E-state index contributed by atoms with van der Waals surface area (Å²) in [7, 11) is 0. The molecule has 2 nitrogen and oxygen atoms in total. The molecule has 0 fully saturated rings. The highest BCUT2D eigenvalue weighted by atomic mass is 79.9. The molecular weight excluding hydrogens is 369 g/mol. The SMILES string of the molecule is CCOC(=O)c1sc(-c2ccc(C(F)(F)F)cc2)cc1Br. The Bertz CT molecular complexity index is 647. The molecule has 0 saturated carbocycles. The molecule has 112 valence electrons. The summed E-state index contributed by atoms with van der Waals surface area (Å²) in [5, 5.41) is 0. The molecule has 21 heavy (non-hydrogen) atoms. The van der Waals surface area contributed by atoms with Gasteiger partial charge in [0.15, 0.2) is 0 Å². The van der Waals surface area contributed by atoms with Crippen LogP contribution in [0.25, 0.3) is 10.4 Å². The largest absolute Gasteiger partial charge is 0.462 e. The van der Waals surface area contributed by atoms with Gasteiger partial charge < -0.3 is 4.74 Å². The van der Waals surface area contributed by atoms with Gasteiger partial charge in [-0.3, -0.25) is 0 Å². The highest BCUT2D eigenvalue weighted by Crippen LogP contribution is 2.36. The number of ether oxygens (including phenoxy) is 1. The zero-order valence-electron chi connectivity index (χ0n) is 10.8. The van der Waals surface area contributed by atoms with Crippen LogP contribution in [0.2, 0.25) is 0 Å². The predicted molar refractivity (Wildman–Crippen MR) is 78.4 cm³/mol. The van der Waals surface area contributed by atoms with E-state index < -0.39 is 17.7 Å². The van der Waals surface area contributed by atoms with Gasteiger partial charge in [0.05, 0.1) is 12.2 Å². The quantitative estimate of drug-likeness (QED) is 0.670. The van der Waals surface area contributed by atoms with Crippen LogP contribution >= 0.6 is 27.3 Å². The summed E-state index contributed by atoms with van der Waals surface area (Å²) in [5.41, 5.74) is -0.0864. The number of halogens is 4. The van der Waals surface area contributed by atoms with Crippen molar-refractivity contribution < 1.29 is 22.7 Å². The second-order valence-electron chi connectivity index (χ2n) is 4.08. The van der Waals surface area contributed by atoms with Gasteiger partial charge in [-0.2, -0.15) is 13.2 Å². The third-order valence-electron chi connectivity index (χ3n) is 2.64. The average Bonchev–Trinajstić information content (AvgIpc) is 2.80. The summed E-state index contributed by atoms with van der Waals surface area (Å²) >= 11 is 4.43. The number of rotatable bonds is 3. The van der Waals surface area contributed by atoms with Crippen LogP contribution in [0.5, 0.6) is 0 Å². The number of carbonyl (C=O) groups excluding carboxylic acids is 1. The number of thiophene rings is 1. The van der Waals surface area contributed by atoms with Crippen LogP contribution in [0.1, 0.15) is 22.2 Å². The first-order chi connectivity index (χ1) is 9.82. The number of esters is 1. The van der Waals surface area contributed by atoms with E-state index >= 15 is 0 Å². The van der Waals surface area contributed by atoms with Crippen molar-refractivity contribution in [1.29, 1.82) is 0 Å². The number of hydrogen-bond acceptors (Lipinski definition) is 3. The molecule has 0 aliphatic heterocycles. The average molecular weight is 379 g/mol. The summed E-state index contributed by atoms with van der Waals surface area (Å²) in [5.74, 6) is -0.451. The van der Waals surface area contributed by atoms with Crippen LogP contribution in [0.15, 0.2) is 34.8 Å². The molecule has 0 bridgehead atoms. The molecule has 0 spiro atoms. The fourth-order valence-corrected chi connectivity index (χ4v) is 3.40. The Kier molecular flexibility index (Phi) is 4.73. The molecule has 0 aliphatic rings. The van der Waals surface area contributed by atoms with Crippen molar-refractivity contribution in [3.05, 3.63) is 45.2 Å². The smallest absolute Gasteiger partial charge is 0.416 e. The van der Waals surface area contributed by atoms with Crippen LogP contribution in [0.3, 0.4) is 0 Å². The van der Waals surface area contributed by atoms with E-state index in [0.29, 0.717) is 19.8 Å². The van der Waals surface area contributed by atoms with E-state index in [1.54, 1.807) is 13.0 Å². The molecule has 0 unspecified atom stereocenters. The maximum absolute atomic E-state index is 12.5. The monoisotopic (exact) mass is 378 g/mol. The van der Waals surface area contributed by atoms with Gasteiger partial charge in [0.2, 0.25) is 0 Å². The van der Waals surface area contributed by atoms with Gasteiger partial charge in [0, 0.05) is 9.35 Å². The summed E-state index contributed by atoms with van der Waals surface area (Å²) < 4.78 is 43.0. The van der Waals surface area contributed by atoms with E-state index in [0.717, 1.165) is 12.1 Å². The highest BCUT2D eigenvalue weighted by molar-refractivity contribution is 9.10. The molecular formula is C14H10BrF3O2S. The van der Waals surface area contributed by atoms with E-state index in [1.807, 2.05) is 0 Å². The molecule has 1 aromatic carbocycles. The number of carbonyl (C=O) groups is 1. The van der Waals surface area contributed by atoms with Crippen molar-refractivity contribution in [2.24, 2.45) is 0 Å². The van der Waals surface area contributed by atoms with Gasteiger partial charge in [-0.15, -0.1) is 11.3 Å². The van der Waals surface area contributed by atoms with Crippen LogP contribution in [-0.2, 0) is 10.9 Å². The predicted octanol–water partition coefficient (Wildman–Crippen LogP) is 5.37. The van der Waals surface area contributed by atoms with E-state index in [-0.39, 0.29) is 6.61 Å². The normalized spacial score (nSPS) is 11.5. The Morgan fingerprint density at radius 1 is 1.29 bits per heavy atom. The minimum absolute atomic E-state index is 0.263. The van der Waals surface area contributed by atoms with Gasteiger partial charge in [0.1, 0.15) is 4.88 Å². The van der Waals surface area contributed by atoms with Crippen LogP contribution in [-0.4, -0.2) is 12.6 Å². The fourth-order valence-electron chi connectivity index (χ4n) is 1.67. The topological polar surface area (TPSA) is 26.3 Å². The Morgan fingerprint density at radius 2 is 1.90 bits per heavy atom. The van der Waals surface area contributed by atoms with Gasteiger partial charge >= 0.3 is 12.1 Å². The van der Waals surface area contributed by atoms with Crippen molar-refractivity contribution in [1.82, 2.24) is 0 Å². The minimum atomic E-state index is -4.36. The molecule has 0 saturated heterocycles. The Morgan fingerprint density at radius 3 is 2.43 bits per heavy atom. The van der Waals surface area contributed by atoms with Crippen molar-refractivity contribution in [3.8, 4) is 10.4 Å². The van der Waals surface area contributed by atoms with Crippen LogP contribution in [0.4, 0.5) is 13.2 Å². The summed E-state index contributed by atoms with van der Waals surface area (Å²) in [6.45, 7) is 1.97. The first-order valence-electron chi connectivity index (χ1n) is 5.97. The molecule has 0 radical (unpaired) electrons. The van der Waals surface area contributed by atoms with E-state index in [1.165, 1.54) is 23.5 Å². The molecule has 0 atom stereocenters. The highest BCUT2D eigenvalue weighted by Gasteiger charge is 2.30. The summed E-state index contributed by atoms with van der Waals surface area (Å²) in [6, 6.07) is 6.51. The van der Waals surface area contributed by atoms with Crippen molar-refractivity contribution in [3.63, 3.8) is 0 Å².